The summed E-state index contributed by atoms with van der Waals surface area (Å²) in [6.07, 6.45) is 3.08. The fourth-order valence-electron chi connectivity index (χ4n) is 1.28. The molecule has 88 valence electrons. The van der Waals surface area contributed by atoms with E-state index in [1.54, 1.807) is 19.4 Å². The highest BCUT2D eigenvalue weighted by Crippen LogP contribution is 2.21. The lowest BCUT2D eigenvalue weighted by atomic mass is 10.3. The second kappa shape index (κ2) is 5.32. The predicted octanol–water partition coefficient (Wildman–Crippen LogP) is 1.27. The fraction of sp³-hybridized carbons (Fsp3) is 0.200. The van der Waals surface area contributed by atoms with Gasteiger partial charge >= 0.3 is 0 Å². The van der Waals surface area contributed by atoms with E-state index in [9.17, 15) is 0 Å². The van der Waals surface area contributed by atoms with Crippen molar-refractivity contribution in [1.29, 1.82) is 0 Å². The number of aromatic nitrogens is 4. The summed E-state index contributed by atoms with van der Waals surface area (Å²) in [6.45, 7) is 0.392. The van der Waals surface area contributed by atoms with Gasteiger partial charge in [0.15, 0.2) is 5.82 Å². The van der Waals surface area contributed by atoms with Crippen LogP contribution in [-0.2, 0) is 11.3 Å². The molecular formula is C10H10IN5O. The summed E-state index contributed by atoms with van der Waals surface area (Å²) in [6, 6.07) is 1.73. The van der Waals surface area contributed by atoms with Crippen LogP contribution >= 0.6 is 22.6 Å². The maximum atomic E-state index is 5.83. The largest absolute Gasteiger partial charge is 0.383 e. The summed E-state index contributed by atoms with van der Waals surface area (Å²) in [7, 11) is 1.61. The molecule has 2 N–H and O–H groups in total. The van der Waals surface area contributed by atoms with Gasteiger partial charge in [0.1, 0.15) is 17.8 Å². The molecule has 0 radical (unpaired) electrons. The summed E-state index contributed by atoms with van der Waals surface area (Å²) in [5, 5.41) is 0. The van der Waals surface area contributed by atoms with E-state index in [-0.39, 0.29) is 0 Å². The minimum atomic E-state index is 0.392. The maximum Gasteiger partial charge on any atom is 0.180 e. The number of halogens is 1. The van der Waals surface area contributed by atoms with Gasteiger partial charge in [0, 0.05) is 13.3 Å². The van der Waals surface area contributed by atoms with Crippen LogP contribution in [0.15, 0.2) is 18.6 Å². The first-order valence-corrected chi connectivity index (χ1v) is 5.87. The monoisotopic (exact) mass is 343 g/mol. The second-order valence-corrected chi connectivity index (χ2v) is 4.30. The summed E-state index contributed by atoms with van der Waals surface area (Å²) in [5.74, 6) is 0.915. The van der Waals surface area contributed by atoms with Gasteiger partial charge in [0.05, 0.1) is 15.9 Å². The van der Waals surface area contributed by atoms with E-state index in [1.165, 1.54) is 6.33 Å². The number of anilines is 1. The highest BCUT2D eigenvalue weighted by Gasteiger charge is 2.11. The van der Waals surface area contributed by atoms with Crippen molar-refractivity contribution >= 4 is 28.4 Å². The summed E-state index contributed by atoms with van der Waals surface area (Å²) in [4.78, 5) is 16.5. The molecule has 17 heavy (non-hydrogen) atoms. The van der Waals surface area contributed by atoms with Crippen molar-refractivity contribution < 1.29 is 4.74 Å². The summed E-state index contributed by atoms with van der Waals surface area (Å²) >= 11 is 2.10. The third kappa shape index (κ3) is 2.67. The average molecular weight is 343 g/mol. The standard InChI is InChI=1S/C10H10IN5O/c1-17-4-7-8(11)9(12)16-10(15-7)6-2-3-13-5-14-6/h2-3,5H,4H2,1H3,(H2,12,15,16). The van der Waals surface area contributed by atoms with E-state index in [0.717, 1.165) is 9.26 Å². The van der Waals surface area contributed by atoms with Crippen LogP contribution in [0.1, 0.15) is 5.69 Å². The Morgan fingerprint density at radius 1 is 1.41 bits per heavy atom. The molecule has 0 bridgehead atoms. The van der Waals surface area contributed by atoms with Gasteiger partial charge in [-0.05, 0) is 28.7 Å². The molecule has 0 amide bonds. The SMILES string of the molecule is COCc1nc(-c2ccncn2)nc(N)c1I. The van der Waals surface area contributed by atoms with Crippen molar-refractivity contribution in [1.82, 2.24) is 19.9 Å². The number of hydrogen-bond acceptors (Lipinski definition) is 6. The molecule has 6 nitrogen and oxygen atoms in total. The van der Waals surface area contributed by atoms with Gasteiger partial charge in [-0.2, -0.15) is 0 Å². The minimum Gasteiger partial charge on any atom is -0.383 e. The van der Waals surface area contributed by atoms with Gasteiger partial charge < -0.3 is 10.5 Å². The molecule has 0 aliphatic carbocycles. The topological polar surface area (TPSA) is 86.8 Å². The number of hydrogen-bond donors (Lipinski definition) is 1. The summed E-state index contributed by atoms with van der Waals surface area (Å²) < 4.78 is 5.88. The molecule has 0 spiro atoms. The lowest BCUT2D eigenvalue weighted by molar-refractivity contribution is 0.181. The van der Waals surface area contributed by atoms with Crippen LogP contribution in [0.5, 0.6) is 0 Å². The highest BCUT2D eigenvalue weighted by atomic mass is 127. The zero-order valence-corrected chi connectivity index (χ0v) is 11.2. The van der Waals surface area contributed by atoms with Gasteiger partial charge in [-0.1, -0.05) is 0 Å². The van der Waals surface area contributed by atoms with Crippen LogP contribution in [0.2, 0.25) is 0 Å². The molecular weight excluding hydrogens is 333 g/mol. The Balaban J connectivity index is 2.49. The Morgan fingerprint density at radius 2 is 2.24 bits per heavy atom. The molecule has 0 aliphatic rings. The van der Waals surface area contributed by atoms with Crippen LogP contribution < -0.4 is 5.73 Å². The summed E-state index contributed by atoms with van der Waals surface area (Å²) in [5.41, 5.74) is 7.23. The third-order valence-corrected chi connectivity index (χ3v) is 3.21. The van der Waals surface area contributed by atoms with Crippen molar-refractivity contribution in [2.24, 2.45) is 0 Å². The van der Waals surface area contributed by atoms with Crippen LogP contribution in [0.25, 0.3) is 11.5 Å². The smallest absolute Gasteiger partial charge is 0.180 e. The van der Waals surface area contributed by atoms with Crippen molar-refractivity contribution in [3.05, 3.63) is 27.9 Å². The Kier molecular flexibility index (Phi) is 3.79. The molecule has 0 aromatic carbocycles. The van der Waals surface area contributed by atoms with Gasteiger partial charge in [-0.15, -0.1) is 0 Å². The fourth-order valence-corrected chi connectivity index (χ4v) is 1.68. The molecule has 2 heterocycles. The molecule has 0 unspecified atom stereocenters. The molecule has 0 aliphatic heterocycles. The quantitative estimate of drug-likeness (QED) is 0.845. The van der Waals surface area contributed by atoms with Crippen molar-refractivity contribution in [3.63, 3.8) is 0 Å². The number of methoxy groups -OCH3 is 1. The minimum absolute atomic E-state index is 0.392. The molecule has 2 aromatic rings. The molecule has 0 fully saturated rings. The van der Waals surface area contributed by atoms with Crippen molar-refractivity contribution in [3.8, 4) is 11.5 Å². The number of nitrogen functional groups attached to an aromatic ring is 1. The average Bonchev–Trinajstić information content (AvgIpc) is 2.36. The Bertz CT molecular complexity index is 520. The number of nitrogens with two attached hydrogens (primary N) is 1. The Morgan fingerprint density at radius 3 is 2.88 bits per heavy atom. The first-order chi connectivity index (χ1) is 8.22. The van der Waals surface area contributed by atoms with Crippen LogP contribution in [0.3, 0.4) is 0 Å². The lowest BCUT2D eigenvalue weighted by Gasteiger charge is -2.07. The van der Waals surface area contributed by atoms with E-state index in [1.807, 2.05) is 0 Å². The molecule has 2 rings (SSSR count). The molecule has 7 heteroatoms. The van der Waals surface area contributed by atoms with Crippen LogP contribution in [0, 0.1) is 3.57 Å². The first-order valence-electron chi connectivity index (χ1n) is 4.79. The molecule has 0 saturated heterocycles. The predicted molar refractivity (Wildman–Crippen MR) is 70.9 cm³/mol. The lowest BCUT2D eigenvalue weighted by Crippen LogP contribution is -2.06. The third-order valence-electron chi connectivity index (χ3n) is 2.04. The van der Waals surface area contributed by atoms with E-state index in [2.05, 4.69) is 42.5 Å². The van der Waals surface area contributed by atoms with Gasteiger partial charge in [0.2, 0.25) is 0 Å². The van der Waals surface area contributed by atoms with Crippen molar-refractivity contribution in [2.75, 3.05) is 12.8 Å². The van der Waals surface area contributed by atoms with E-state index >= 15 is 0 Å². The first kappa shape index (κ1) is 12.1. The zero-order chi connectivity index (χ0) is 12.3. The number of rotatable bonds is 3. The molecule has 0 atom stereocenters. The number of nitrogens with zero attached hydrogens (tertiary/aromatic N) is 4. The Hall–Kier alpha value is -1.35. The van der Waals surface area contributed by atoms with Crippen LogP contribution in [0.4, 0.5) is 5.82 Å². The Labute approximate surface area is 112 Å². The highest BCUT2D eigenvalue weighted by molar-refractivity contribution is 14.1. The van der Waals surface area contributed by atoms with Gasteiger partial charge in [-0.25, -0.2) is 19.9 Å². The zero-order valence-electron chi connectivity index (χ0n) is 9.09. The molecule has 0 saturated carbocycles. The van der Waals surface area contributed by atoms with Gasteiger partial charge in [0.25, 0.3) is 0 Å². The second-order valence-electron chi connectivity index (χ2n) is 3.22. The van der Waals surface area contributed by atoms with Gasteiger partial charge in [-0.3, -0.25) is 0 Å². The molecule has 2 aromatic heterocycles. The van der Waals surface area contributed by atoms with Crippen LogP contribution in [-0.4, -0.2) is 27.0 Å². The maximum absolute atomic E-state index is 5.83. The number of ether oxygens (including phenoxy) is 1. The van der Waals surface area contributed by atoms with E-state index in [4.69, 9.17) is 10.5 Å². The normalized spacial score (nSPS) is 10.5. The van der Waals surface area contributed by atoms with E-state index < -0.39 is 0 Å². The van der Waals surface area contributed by atoms with Crippen molar-refractivity contribution in [2.45, 2.75) is 6.61 Å². The van der Waals surface area contributed by atoms with E-state index in [0.29, 0.717) is 23.9 Å².